The summed E-state index contributed by atoms with van der Waals surface area (Å²) in [6.45, 7) is 23.0. The van der Waals surface area contributed by atoms with Crippen LogP contribution >= 0.6 is 0 Å². The largest absolute Gasteiger partial charge is 0.300 e. The van der Waals surface area contributed by atoms with Gasteiger partial charge in [0.2, 0.25) is 0 Å². The minimum Gasteiger partial charge on any atom is -0.300 e. The summed E-state index contributed by atoms with van der Waals surface area (Å²) in [4.78, 5) is 7.56. The molecule has 3 heteroatoms. The lowest BCUT2D eigenvalue weighted by atomic mass is 9.70. The zero-order valence-electron chi connectivity index (χ0n) is 27.2. The summed E-state index contributed by atoms with van der Waals surface area (Å²) in [5, 5.41) is 0. The molecule has 3 nitrogen and oxygen atoms in total. The molecule has 0 radical (unpaired) electrons. The van der Waals surface area contributed by atoms with E-state index in [4.69, 9.17) is 0 Å². The first kappa shape index (κ1) is 29.8. The van der Waals surface area contributed by atoms with E-state index in [0.717, 1.165) is 58.9 Å². The van der Waals surface area contributed by atoms with Crippen molar-refractivity contribution in [2.75, 3.05) is 39.3 Å². The summed E-state index contributed by atoms with van der Waals surface area (Å²) in [5.41, 5.74) is 15.3. The molecule has 0 saturated carbocycles. The quantitative estimate of drug-likeness (QED) is 0.146. The standard InChI is InChI=1S/C40H49N3/c1-7-41(8-2)26-29-18-21-37-34(23-29)35-24-30(27-42(9-3)10-4)19-22-38(35)40(37)36-16-14-13-15-32(36)33-20-17-31(25-39(33)40)28-43(11-5)12-6/h13-25H,7-12,26-28H2,1-6H3. The van der Waals surface area contributed by atoms with Crippen LogP contribution in [-0.2, 0) is 25.0 Å². The van der Waals surface area contributed by atoms with E-state index >= 15 is 0 Å². The topological polar surface area (TPSA) is 9.72 Å². The highest BCUT2D eigenvalue weighted by atomic mass is 15.1. The Morgan fingerprint density at radius 3 is 1.28 bits per heavy atom. The zero-order valence-corrected chi connectivity index (χ0v) is 27.2. The second kappa shape index (κ2) is 12.4. The van der Waals surface area contributed by atoms with E-state index in [0.29, 0.717) is 0 Å². The van der Waals surface area contributed by atoms with Crippen molar-refractivity contribution < 1.29 is 0 Å². The Hall–Kier alpha value is -3.24. The van der Waals surface area contributed by atoms with Crippen LogP contribution in [0, 0.1) is 0 Å². The average Bonchev–Trinajstić information content (AvgIpc) is 3.50. The molecular formula is C40H49N3. The Morgan fingerprint density at radius 2 is 0.791 bits per heavy atom. The van der Waals surface area contributed by atoms with Gasteiger partial charge in [-0.3, -0.25) is 14.7 Å². The second-order valence-electron chi connectivity index (χ2n) is 12.3. The predicted octanol–water partition coefficient (Wildman–Crippen LogP) is 8.56. The van der Waals surface area contributed by atoms with Gasteiger partial charge in [-0.2, -0.15) is 0 Å². The van der Waals surface area contributed by atoms with Gasteiger partial charge in [0.25, 0.3) is 0 Å². The number of rotatable bonds is 12. The number of nitrogens with zero attached hydrogens (tertiary/aromatic N) is 3. The normalized spacial score (nSPS) is 14.1. The lowest BCUT2D eigenvalue weighted by Gasteiger charge is -2.31. The second-order valence-corrected chi connectivity index (χ2v) is 12.3. The number of hydrogen-bond acceptors (Lipinski definition) is 3. The van der Waals surface area contributed by atoms with Crippen molar-refractivity contribution in [2.45, 2.75) is 66.6 Å². The van der Waals surface area contributed by atoms with Crippen LogP contribution < -0.4 is 0 Å². The lowest BCUT2D eigenvalue weighted by molar-refractivity contribution is 0.296. The van der Waals surface area contributed by atoms with Gasteiger partial charge in [-0.25, -0.2) is 0 Å². The van der Waals surface area contributed by atoms with Crippen molar-refractivity contribution in [3.8, 4) is 22.3 Å². The van der Waals surface area contributed by atoms with E-state index in [9.17, 15) is 0 Å². The fraction of sp³-hybridized carbons (Fsp3) is 0.400. The molecule has 0 N–H and O–H groups in total. The third kappa shape index (κ3) is 4.96. The Labute approximate surface area is 260 Å². The van der Waals surface area contributed by atoms with Gasteiger partial charge in [-0.05, 0) is 113 Å². The molecule has 4 aromatic carbocycles. The van der Waals surface area contributed by atoms with E-state index in [2.05, 4.69) is 135 Å². The summed E-state index contributed by atoms with van der Waals surface area (Å²) >= 11 is 0. The van der Waals surface area contributed by atoms with Gasteiger partial charge in [0, 0.05) is 19.6 Å². The van der Waals surface area contributed by atoms with Crippen LogP contribution in [0.1, 0.15) is 80.5 Å². The molecule has 43 heavy (non-hydrogen) atoms. The van der Waals surface area contributed by atoms with Crippen LogP contribution in [0.15, 0.2) is 78.9 Å². The lowest BCUT2D eigenvalue weighted by Crippen LogP contribution is -2.27. The van der Waals surface area contributed by atoms with Gasteiger partial charge >= 0.3 is 0 Å². The molecule has 0 aromatic heterocycles. The maximum atomic E-state index is 2.54. The molecule has 0 saturated heterocycles. The van der Waals surface area contributed by atoms with Crippen molar-refractivity contribution >= 4 is 0 Å². The monoisotopic (exact) mass is 571 g/mol. The molecule has 2 aliphatic rings. The van der Waals surface area contributed by atoms with Crippen LogP contribution in [0.3, 0.4) is 0 Å². The van der Waals surface area contributed by atoms with E-state index in [-0.39, 0.29) is 5.41 Å². The molecular weight excluding hydrogens is 522 g/mol. The Bertz CT molecular complexity index is 1530. The van der Waals surface area contributed by atoms with Crippen molar-refractivity contribution in [1.82, 2.24) is 14.7 Å². The van der Waals surface area contributed by atoms with Gasteiger partial charge in [0.1, 0.15) is 0 Å². The number of fused-ring (bicyclic) bond motifs is 10. The maximum Gasteiger partial charge on any atom is 0.0725 e. The molecule has 6 rings (SSSR count). The van der Waals surface area contributed by atoms with Crippen LogP contribution in [-0.4, -0.2) is 54.0 Å². The molecule has 0 unspecified atom stereocenters. The van der Waals surface area contributed by atoms with Crippen molar-refractivity contribution in [3.05, 3.63) is 118 Å². The van der Waals surface area contributed by atoms with Gasteiger partial charge < -0.3 is 0 Å². The van der Waals surface area contributed by atoms with Gasteiger partial charge in [0.15, 0.2) is 0 Å². The molecule has 1 spiro atoms. The van der Waals surface area contributed by atoms with Gasteiger partial charge in [0.05, 0.1) is 5.41 Å². The number of hydrogen-bond donors (Lipinski definition) is 0. The van der Waals surface area contributed by atoms with Crippen molar-refractivity contribution in [2.24, 2.45) is 0 Å². The third-order valence-electron chi connectivity index (χ3n) is 10.3. The van der Waals surface area contributed by atoms with E-state index in [1.165, 1.54) is 61.2 Å². The van der Waals surface area contributed by atoms with Crippen LogP contribution in [0.2, 0.25) is 0 Å². The van der Waals surface area contributed by atoms with Crippen LogP contribution in [0.5, 0.6) is 0 Å². The Morgan fingerprint density at radius 1 is 0.395 bits per heavy atom. The predicted molar refractivity (Wildman–Crippen MR) is 183 cm³/mol. The van der Waals surface area contributed by atoms with E-state index < -0.39 is 0 Å². The first-order valence-corrected chi connectivity index (χ1v) is 16.7. The minimum absolute atomic E-state index is 0.294. The summed E-state index contributed by atoms with van der Waals surface area (Å²) in [6, 6.07) is 31.3. The minimum atomic E-state index is -0.294. The van der Waals surface area contributed by atoms with E-state index in [1.54, 1.807) is 0 Å². The molecule has 0 fully saturated rings. The summed E-state index contributed by atoms with van der Waals surface area (Å²) in [5.74, 6) is 0. The molecule has 0 aliphatic heterocycles. The van der Waals surface area contributed by atoms with E-state index in [1.807, 2.05) is 0 Å². The fourth-order valence-electron chi connectivity index (χ4n) is 7.75. The first-order chi connectivity index (χ1) is 21.0. The molecule has 0 atom stereocenters. The summed E-state index contributed by atoms with van der Waals surface area (Å²) in [7, 11) is 0. The third-order valence-corrected chi connectivity index (χ3v) is 10.3. The highest BCUT2D eigenvalue weighted by Gasteiger charge is 2.51. The number of benzene rings is 4. The Balaban J connectivity index is 1.60. The molecule has 2 aliphatic carbocycles. The highest BCUT2D eigenvalue weighted by Crippen LogP contribution is 2.63. The molecule has 4 aromatic rings. The van der Waals surface area contributed by atoms with Crippen molar-refractivity contribution in [3.63, 3.8) is 0 Å². The Kier molecular flexibility index (Phi) is 8.60. The van der Waals surface area contributed by atoms with Crippen LogP contribution in [0.25, 0.3) is 22.3 Å². The van der Waals surface area contributed by atoms with Gasteiger partial charge in [-0.15, -0.1) is 0 Å². The highest BCUT2D eigenvalue weighted by molar-refractivity contribution is 5.95. The molecule has 0 heterocycles. The van der Waals surface area contributed by atoms with Crippen molar-refractivity contribution in [1.29, 1.82) is 0 Å². The van der Waals surface area contributed by atoms with Crippen LogP contribution in [0.4, 0.5) is 0 Å². The summed E-state index contributed by atoms with van der Waals surface area (Å²) < 4.78 is 0. The molecule has 0 bridgehead atoms. The SMILES string of the molecule is CCN(CC)Cc1ccc2c(c1)-c1cc(CN(CC)CC)ccc1C21c2ccccc2-c2ccc(CN(CC)CC)cc21. The average molecular weight is 572 g/mol. The molecule has 0 amide bonds. The smallest absolute Gasteiger partial charge is 0.0725 e. The zero-order chi connectivity index (χ0) is 30.1. The first-order valence-electron chi connectivity index (χ1n) is 16.7. The summed E-state index contributed by atoms with van der Waals surface area (Å²) in [6.07, 6.45) is 0. The maximum absolute atomic E-state index is 2.54. The fourth-order valence-corrected chi connectivity index (χ4v) is 7.75. The van der Waals surface area contributed by atoms with Gasteiger partial charge in [-0.1, -0.05) is 108 Å². The molecule has 224 valence electrons.